The number of hydrogen-bond donors (Lipinski definition) is 1. The minimum atomic E-state index is -0.0319. The molecule has 2 atom stereocenters. The molecule has 0 aliphatic carbocycles. The van der Waals surface area contributed by atoms with Crippen molar-refractivity contribution in [1.29, 1.82) is 0 Å². The summed E-state index contributed by atoms with van der Waals surface area (Å²) in [7, 11) is 0. The van der Waals surface area contributed by atoms with E-state index in [4.69, 9.17) is 0 Å². The van der Waals surface area contributed by atoms with Gasteiger partial charge >= 0.3 is 0 Å². The van der Waals surface area contributed by atoms with Crippen LogP contribution >= 0.6 is 0 Å². The lowest BCUT2D eigenvalue weighted by Gasteiger charge is -2.24. The lowest BCUT2D eigenvalue weighted by molar-refractivity contribution is -0.123. The van der Waals surface area contributed by atoms with Gasteiger partial charge in [-0.2, -0.15) is 0 Å². The molecule has 0 heterocycles. The molecule has 0 radical (unpaired) electrons. The van der Waals surface area contributed by atoms with Crippen molar-refractivity contribution in [1.82, 2.24) is 5.32 Å². The fourth-order valence-corrected chi connectivity index (χ4v) is 2.57. The van der Waals surface area contributed by atoms with E-state index in [0.29, 0.717) is 11.8 Å². The van der Waals surface area contributed by atoms with Gasteiger partial charge < -0.3 is 5.32 Å². The third kappa shape index (κ3) is 4.66. The first kappa shape index (κ1) is 16.7. The number of benzene rings is 1. The number of carbonyl (C=O) groups is 1. The van der Waals surface area contributed by atoms with Crippen molar-refractivity contribution in [3.05, 3.63) is 35.9 Å². The first-order chi connectivity index (χ1) is 9.63. The minimum absolute atomic E-state index is 0.0319. The van der Waals surface area contributed by atoms with Crippen molar-refractivity contribution in [2.24, 2.45) is 11.8 Å². The SMILES string of the molecule is CCC(CC)CNC(=O)C(c1ccccc1)C(C)CC. The molecule has 2 heteroatoms. The molecule has 1 aromatic carbocycles. The summed E-state index contributed by atoms with van der Waals surface area (Å²) in [5.74, 6) is 1.10. The highest BCUT2D eigenvalue weighted by molar-refractivity contribution is 5.83. The summed E-state index contributed by atoms with van der Waals surface area (Å²) in [6, 6.07) is 10.2. The molecule has 1 rings (SSSR count). The van der Waals surface area contributed by atoms with Gasteiger partial charge in [0.25, 0.3) is 0 Å². The molecule has 1 amide bonds. The van der Waals surface area contributed by atoms with Gasteiger partial charge in [0.2, 0.25) is 5.91 Å². The Labute approximate surface area is 124 Å². The zero-order valence-electron chi connectivity index (χ0n) is 13.4. The Morgan fingerprint density at radius 2 is 1.65 bits per heavy atom. The standard InChI is InChI=1S/C18H29NO/c1-5-14(4)17(16-11-9-8-10-12-16)18(20)19-13-15(6-2)7-3/h8-12,14-15,17H,5-7,13H2,1-4H3,(H,19,20). The lowest BCUT2D eigenvalue weighted by Crippen LogP contribution is -2.35. The van der Waals surface area contributed by atoms with Gasteiger partial charge in [0.15, 0.2) is 0 Å². The van der Waals surface area contributed by atoms with Gasteiger partial charge in [0, 0.05) is 6.54 Å². The molecule has 0 saturated heterocycles. The Balaban J connectivity index is 2.76. The van der Waals surface area contributed by atoms with Gasteiger partial charge in [-0.1, -0.05) is 77.3 Å². The second-order valence-electron chi connectivity index (χ2n) is 5.70. The van der Waals surface area contributed by atoms with Gasteiger partial charge in [-0.25, -0.2) is 0 Å². The number of hydrogen-bond acceptors (Lipinski definition) is 1. The van der Waals surface area contributed by atoms with Crippen LogP contribution in [0.1, 0.15) is 58.4 Å². The van der Waals surface area contributed by atoms with Crippen molar-refractivity contribution in [2.75, 3.05) is 6.54 Å². The summed E-state index contributed by atoms with van der Waals surface area (Å²) in [5, 5.41) is 3.16. The van der Waals surface area contributed by atoms with Crippen LogP contribution in [0.2, 0.25) is 0 Å². The number of nitrogens with one attached hydrogen (secondary N) is 1. The molecule has 0 aliphatic rings. The fraction of sp³-hybridized carbons (Fsp3) is 0.611. The van der Waals surface area contributed by atoms with Gasteiger partial charge in [0.1, 0.15) is 0 Å². The predicted octanol–water partition coefficient (Wildman–Crippen LogP) is 4.37. The molecule has 112 valence electrons. The first-order valence-corrected chi connectivity index (χ1v) is 7.96. The molecule has 1 aromatic rings. The highest BCUT2D eigenvalue weighted by Gasteiger charge is 2.25. The first-order valence-electron chi connectivity index (χ1n) is 7.96. The molecule has 2 nitrogen and oxygen atoms in total. The van der Waals surface area contributed by atoms with Crippen LogP contribution in [-0.2, 0) is 4.79 Å². The Kier molecular flexibility index (Phi) is 7.35. The van der Waals surface area contributed by atoms with Crippen molar-refractivity contribution in [3.63, 3.8) is 0 Å². The monoisotopic (exact) mass is 275 g/mol. The molecular weight excluding hydrogens is 246 g/mol. The maximum Gasteiger partial charge on any atom is 0.227 e. The van der Waals surface area contributed by atoms with Crippen LogP contribution in [0.4, 0.5) is 0 Å². The third-order valence-electron chi connectivity index (χ3n) is 4.37. The summed E-state index contributed by atoms with van der Waals surface area (Å²) in [5.41, 5.74) is 1.13. The molecular formula is C18H29NO. The van der Waals surface area contributed by atoms with Crippen molar-refractivity contribution >= 4 is 5.91 Å². The van der Waals surface area contributed by atoms with Crippen LogP contribution in [0, 0.1) is 11.8 Å². The van der Waals surface area contributed by atoms with Gasteiger partial charge in [-0.15, -0.1) is 0 Å². The molecule has 20 heavy (non-hydrogen) atoms. The Morgan fingerprint density at radius 3 is 2.15 bits per heavy atom. The Morgan fingerprint density at radius 1 is 1.05 bits per heavy atom. The highest BCUT2D eigenvalue weighted by atomic mass is 16.1. The molecule has 0 spiro atoms. The van der Waals surface area contributed by atoms with E-state index in [1.165, 1.54) is 0 Å². The van der Waals surface area contributed by atoms with Gasteiger partial charge in [-0.05, 0) is 17.4 Å². The second-order valence-corrected chi connectivity index (χ2v) is 5.70. The summed E-state index contributed by atoms with van der Waals surface area (Å²) in [4.78, 5) is 12.6. The van der Waals surface area contributed by atoms with E-state index in [9.17, 15) is 4.79 Å². The topological polar surface area (TPSA) is 29.1 Å². The molecule has 0 saturated carbocycles. The number of rotatable bonds is 8. The highest BCUT2D eigenvalue weighted by Crippen LogP contribution is 2.27. The van der Waals surface area contributed by atoms with Crippen LogP contribution in [0.3, 0.4) is 0 Å². The lowest BCUT2D eigenvalue weighted by atomic mass is 9.84. The fourth-order valence-electron chi connectivity index (χ4n) is 2.57. The van der Waals surface area contributed by atoms with Crippen molar-refractivity contribution in [2.45, 2.75) is 52.9 Å². The zero-order valence-corrected chi connectivity index (χ0v) is 13.4. The Hall–Kier alpha value is -1.31. The normalized spacial score (nSPS) is 14.1. The predicted molar refractivity (Wildman–Crippen MR) is 85.7 cm³/mol. The third-order valence-corrected chi connectivity index (χ3v) is 4.37. The van der Waals surface area contributed by atoms with E-state index in [1.54, 1.807) is 0 Å². The second kappa shape index (κ2) is 8.78. The molecule has 1 N–H and O–H groups in total. The van der Waals surface area contributed by atoms with Crippen LogP contribution in [0.15, 0.2) is 30.3 Å². The molecule has 0 aliphatic heterocycles. The smallest absolute Gasteiger partial charge is 0.227 e. The van der Waals surface area contributed by atoms with E-state index < -0.39 is 0 Å². The molecule has 0 aromatic heterocycles. The van der Waals surface area contributed by atoms with E-state index in [1.807, 2.05) is 18.2 Å². The van der Waals surface area contributed by atoms with E-state index in [2.05, 4.69) is 45.1 Å². The maximum atomic E-state index is 12.6. The van der Waals surface area contributed by atoms with Crippen molar-refractivity contribution in [3.8, 4) is 0 Å². The number of carbonyl (C=O) groups excluding carboxylic acids is 1. The van der Waals surface area contributed by atoms with Gasteiger partial charge in [-0.3, -0.25) is 4.79 Å². The average Bonchev–Trinajstić information content (AvgIpc) is 2.49. The van der Waals surface area contributed by atoms with E-state index in [-0.39, 0.29) is 11.8 Å². The summed E-state index contributed by atoms with van der Waals surface area (Å²) >= 11 is 0. The summed E-state index contributed by atoms with van der Waals surface area (Å²) in [6.45, 7) is 9.47. The zero-order chi connectivity index (χ0) is 15.0. The van der Waals surface area contributed by atoms with E-state index >= 15 is 0 Å². The maximum absolute atomic E-state index is 12.6. The largest absolute Gasteiger partial charge is 0.355 e. The average molecular weight is 275 g/mol. The molecule has 0 bridgehead atoms. The van der Waals surface area contributed by atoms with Crippen LogP contribution in [0.25, 0.3) is 0 Å². The quantitative estimate of drug-likeness (QED) is 0.750. The number of amides is 1. The summed E-state index contributed by atoms with van der Waals surface area (Å²) < 4.78 is 0. The molecule has 2 unspecified atom stereocenters. The van der Waals surface area contributed by atoms with Crippen LogP contribution in [-0.4, -0.2) is 12.5 Å². The summed E-state index contributed by atoms with van der Waals surface area (Å²) in [6.07, 6.45) is 3.25. The van der Waals surface area contributed by atoms with Crippen LogP contribution in [0.5, 0.6) is 0 Å². The Bertz CT molecular complexity index is 384. The van der Waals surface area contributed by atoms with Crippen molar-refractivity contribution < 1.29 is 4.79 Å². The minimum Gasteiger partial charge on any atom is -0.355 e. The van der Waals surface area contributed by atoms with E-state index in [0.717, 1.165) is 31.4 Å². The van der Waals surface area contributed by atoms with Crippen LogP contribution < -0.4 is 5.32 Å². The van der Waals surface area contributed by atoms with Gasteiger partial charge in [0.05, 0.1) is 5.92 Å². The molecule has 0 fully saturated rings.